The molecule has 3 unspecified atom stereocenters. The molecule has 0 spiro atoms. The Kier molecular flexibility index (Phi) is 20.2. The summed E-state index contributed by atoms with van der Waals surface area (Å²) in [6.07, 6.45) is 1.02. The molecule has 0 amide bonds. The van der Waals surface area contributed by atoms with E-state index in [9.17, 15) is 18.0 Å². The van der Waals surface area contributed by atoms with Crippen molar-refractivity contribution in [3.63, 3.8) is 0 Å². The van der Waals surface area contributed by atoms with Crippen LogP contribution in [-0.4, -0.2) is 102 Å². The molecular formula is C14H30N2Na2O7S. The minimum atomic E-state index is -4.85. The molecule has 0 bridgehead atoms. The Morgan fingerprint density at radius 2 is 1.38 bits per heavy atom. The van der Waals surface area contributed by atoms with Gasteiger partial charge in [-0.2, -0.15) is 8.42 Å². The third kappa shape index (κ3) is 14.8. The summed E-state index contributed by atoms with van der Waals surface area (Å²) in [5, 5.41) is -2.09. The average Bonchev–Trinajstić information content (AvgIpc) is 2.47. The van der Waals surface area contributed by atoms with Crippen LogP contribution in [0.15, 0.2) is 0 Å². The van der Waals surface area contributed by atoms with E-state index in [-0.39, 0.29) is 59.1 Å². The molecule has 0 aromatic carbocycles. The number of hydrogen-bond acceptors (Lipinski definition) is 8. The number of esters is 2. The van der Waals surface area contributed by atoms with Crippen LogP contribution < -0.4 is 11.5 Å². The molecule has 12 heteroatoms. The second-order valence-electron chi connectivity index (χ2n) is 5.50. The molecule has 0 rings (SSSR count). The minimum absolute atomic E-state index is 0. The third-order valence-electron chi connectivity index (χ3n) is 3.21. The molecule has 0 radical (unpaired) electrons. The molecule has 0 aliphatic heterocycles. The number of carbonyl (C=O) groups is 2. The van der Waals surface area contributed by atoms with Crippen molar-refractivity contribution in [1.82, 2.24) is 0 Å². The first kappa shape index (κ1) is 31.5. The van der Waals surface area contributed by atoms with Crippen molar-refractivity contribution in [1.29, 1.82) is 0 Å². The van der Waals surface area contributed by atoms with Gasteiger partial charge < -0.3 is 9.47 Å². The van der Waals surface area contributed by atoms with Crippen LogP contribution in [0.4, 0.5) is 0 Å². The van der Waals surface area contributed by atoms with E-state index >= 15 is 0 Å². The zero-order valence-corrected chi connectivity index (χ0v) is 15.0. The first-order valence-electron chi connectivity index (χ1n) is 7.99. The molecule has 0 aromatic heterocycles. The summed E-state index contributed by atoms with van der Waals surface area (Å²) >= 11 is 0. The predicted molar refractivity (Wildman–Crippen MR) is 101 cm³/mol. The molecule has 0 saturated heterocycles. The fraction of sp³-hybridized carbons (Fsp3) is 0.857. The van der Waals surface area contributed by atoms with E-state index < -0.39 is 46.2 Å². The molecule has 3 atom stereocenters. The average molecular weight is 416 g/mol. The van der Waals surface area contributed by atoms with Crippen molar-refractivity contribution < 1.29 is 32.0 Å². The Labute approximate surface area is 199 Å². The summed E-state index contributed by atoms with van der Waals surface area (Å²) in [6.45, 7) is 3.84. The number of unbranched alkanes of at least 4 members (excludes halogenated alkanes) is 2. The van der Waals surface area contributed by atoms with Crippen molar-refractivity contribution in [3.05, 3.63) is 0 Å². The Hall–Kier alpha value is 0.770. The molecule has 0 aliphatic rings. The van der Waals surface area contributed by atoms with E-state index in [0.717, 1.165) is 19.3 Å². The number of carbonyl (C=O) groups excluding carboxylic acids is 2. The van der Waals surface area contributed by atoms with Gasteiger partial charge in [-0.1, -0.05) is 26.7 Å². The number of hydrogen-bond donors (Lipinski definition) is 3. The zero-order valence-electron chi connectivity index (χ0n) is 14.1. The van der Waals surface area contributed by atoms with E-state index in [0.29, 0.717) is 19.3 Å². The molecule has 9 nitrogen and oxygen atoms in total. The van der Waals surface area contributed by atoms with Crippen LogP contribution in [0.25, 0.3) is 0 Å². The molecule has 0 saturated carbocycles. The molecule has 0 heterocycles. The Bertz CT molecular complexity index is 506. The van der Waals surface area contributed by atoms with E-state index in [2.05, 4.69) is 0 Å². The second-order valence-corrected chi connectivity index (χ2v) is 7.09. The van der Waals surface area contributed by atoms with Crippen molar-refractivity contribution in [2.45, 2.75) is 76.5 Å². The molecule has 0 aromatic rings. The van der Waals surface area contributed by atoms with Gasteiger partial charge in [-0.3, -0.25) is 25.6 Å². The summed E-state index contributed by atoms with van der Waals surface area (Å²) in [6, 6.07) is 0. The number of nitrogens with two attached hydrogens (primary N) is 2. The fourth-order valence-electron chi connectivity index (χ4n) is 1.83. The van der Waals surface area contributed by atoms with Gasteiger partial charge in [0.15, 0.2) is 17.7 Å². The first-order chi connectivity index (χ1) is 11.1. The van der Waals surface area contributed by atoms with Gasteiger partial charge >= 0.3 is 71.1 Å². The zero-order chi connectivity index (χ0) is 18.8. The predicted octanol–water partition coefficient (Wildman–Crippen LogP) is -0.628. The van der Waals surface area contributed by atoms with Crippen molar-refractivity contribution in [2.75, 3.05) is 0 Å². The number of ether oxygens (including phenoxy) is 2. The van der Waals surface area contributed by atoms with Crippen LogP contribution in [0.5, 0.6) is 0 Å². The second kappa shape index (κ2) is 16.7. The van der Waals surface area contributed by atoms with Gasteiger partial charge in [0.2, 0.25) is 0 Å². The van der Waals surface area contributed by atoms with E-state index in [1.807, 2.05) is 13.8 Å². The van der Waals surface area contributed by atoms with Gasteiger partial charge in [-0.05, 0) is 25.7 Å². The van der Waals surface area contributed by atoms with Gasteiger partial charge in [0.1, 0.15) is 0 Å². The Balaban J connectivity index is -0.00000264. The molecule has 0 fully saturated rings. The van der Waals surface area contributed by atoms with Gasteiger partial charge in [-0.15, -0.1) is 0 Å². The van der Waals surface area contributed by atoms with Gasteiger partial charge in [0.25, 0.3) is 10.1 Å². The van der Waals surface area contributed by atoms with Crippen LogP contribution >= 0.6 is 0 Å². The molecule has 5 N–H and O–H groups in total. The van der Waals surface area contributed by atoms with E-state index in [1.54, 1.807) is 0 Å². The van der Waals surface area contributed by atoms with Gasteiger partial charge in [0, 0.05) is 0 Å². The quantitative estimate of drug-likeness (QED) is 0.163. The van der Waals surface area contributed by atoms with Crippen molar-refractivity contribution in [2.24, 2.45) is 11.5 Å². The topological polar surface area (TPSA) is 159 Å². The standard InChI is InChI=1S/C14H28N2O7S.2Na.2H/c1-3-5-7-11(15)22-13(17)9-10(24(19,20)21)14(18)23-12(16)8-6-4-2;;;;/h10-12H,3-9,15-16H2,1-2H3,(H,19,20,21);;;;. The Morgan fingerprint density at radius 1 is 0.962 bits per heavy atom. The molecular weight excluding hydrogens is 386 g/mol. The summed E-state index contributed by atoms with van der Waals surface area (Å²) in [5.74, 6) is -2.31. The maximum atomic E-state index is 11.9. The summed E-state index contributed by atoms with van der Waals surface area (Å²) in [7, 11) is -4.85. The monoisotopic (exact) mass is 416 g/mol. The van der Waals surface area contributed by atoms with Crippen molar-refractivity contribution >= 4 is 81.2 Å². The third-order valence-corrected chi connectivity index (χ3v) is 4.29. The summed E-state index contributed by atoms with van der Waals surface area (Å²) in [5.41, 5.74) is 11.1. The normalized spacial score (nSPS) is 14.2. The fourth-order valence-corrected chi connectivity index (χ4v) is 2.48. The first-order valence-corrected chi connectivity index (χ1v) is 9.49. The summed E-state index contributed by atoms with van der Waals surface area (Å²) in [4.78, 5) is 23.6. The van der Waals surface area contributed by atoms with Crippen molar-refractivity contribution in [3.8, 4) is 0 Å². The molecule has 0 aliphatic carbocycles. The van der Waals surface area contributed by atoms with Crippen LogP contribution in [0.3, 0.4) is 0 Å². The van der Waals surface area contributed by atoms with E-state index in [4.69, 9.17) is 25.5 Å². The maximum absolute atomic E-state index is 11.9. The SMILES string of the molecule is CCCCC(N)OC(=O)CC(C(=O)OC(N)CCCC)S(=O)(=O)O.[NaH].[NaH]. The Morgan fingerprint density at radius 3 is 1.77 bits per heavy atom. The van der Waals surface area contributed by atoms with E-state index in [1.165, 1.54) is 0 Å². The van der Waals surface area contributed by atoms with Crippen LogP contribution in [-0.2, 0) is 29.2 Å². The van der Waals surface area contributed by atoms with Gasteiger partial charge in [-0.25, -0.2) is 0 Å². The molecule has 26 heavy (non-hydrogen) atoms. The van der Waals surface area contributed by atoms with Gasteiger partial charge in [0.05, 0.1) is 6.42 Å². The number of rotatable bonds is 12. The van der Waals surface area contributed by atoms with Crippen LogP contribution in [0, 0.1) is 0 Å². The summed E-state index contributed by atoms with van der Waals surface area (Å²) < 4.78 is 41.4. The van der Waals surface area contributed by atoms with Crippen LogP contribution in [0.2, 0.25) is 0 Å². The van der Waals surface area contributed by atoms with Crippen LogP contribution in [0.1, 0.15) is 58.8 Å². The molecule has 146 valence electrons.